The summed E-state index contributed by atoms with van der Waals surface area (Å²) >= 11 is 0. The molecule has 0 heterocycles. The Hall–Kier alpha value is -1.37. The van der Waals surface area contributed by atoms with E-state index >= 15 is 0 Å². The Balaban J connectivity index is 0. The van der Waals surface area contributed by atoms with Crippen LogP contribution in [0.15, 0.2) is 0 Å². The fourth-order valence-corrected chi connectivity index (χ4v) is 0.340. The molecule has 0 bridgehead atoms. The van der Waals surface area contributed by atoms with Crippen LogP contribution in [0, 0.1) is 12.0 Å². The van der Waals surface area contributed by atoms with Crippen LogP contribution in [0.25, 0.3) is 0 Å². The Morgan fingerprint density at radius 1 is 1.67 bits per heavy atom. The van der Waals surface area contributed by atoms with Crippen molar-refractivity contribution in [2.45, 2.75) is 26.7 Å². The molecular weight excluding hydrogens is 158 g/mol. The maximum atomic E-state index is 8.78. The minimum Gasteiger partial charge on any atom is -0.465 e. The van der Waals surface area contributed by atoms with Gasteiger partial charge in [-0.25, -0.2) is 4.79 Å². The van der Waals surface area contributed by atoms with Gasteiger partial charge < -0.3 is 15.6 Å². The summed E-state index contributed by atoms with van der Waals surface area (Å²) in [5.41, 5.74) is 4.03. The highest BCUT2D eigenvalue weighted by Gasteiger charge is 1.77. The van der Waals surface area contributed by atoms with Crippen molar-refractivity contribution in [1.29, 1.82) is 0 Å². The topological polar surface area (TPSA) is 72.5 Å². The molecule has 4 nitrogen and oxygen atoms in total. The van der Waals surface area contributed by atoms with E-state index in [0.29, 0.717) is 0 Å². The highest BCUT2D eigenvalue weighted by Crippen LogP contribution is 1.84. The quantitative estimate of drug-likeness (QED) is 0.500. The first-order valence-electron chi connectivity index (χ1n) is 3.67. The molecule has 0 aliphatic carbocycles. The van der Waals surface area contributed by atoms with E-state index in [1.54, 1.807) is 6.92 Å². The molecule has 0 saturated heterocycles. The number of nitrogens with two attached hydrogens (primary N) is 1. The van der Waals surface area contributed by atoms with E-state index in [2.05, 4.69) is 24.7 Å². The van der Waals surface area contributed by atoms with Gasteiger partial charge in [-0.05, 0) is 6.42 Å². The molecule has 0 saturated carbocycles. The van der Waals surface area contributed by atoms with E-state index in [1.165, 1.54) is 6.42 Å². The van der Waals surface area contributed by atoms with Crippen LogP contribution in [0.5, 0.6) is 0 Å². The number of carboxylic acid groups (broad SMARTS) is 1. The molecule has 0 fully saturated rings. The van der Waals surface area contributed by atoms with Crippen LogP contribution >= 0.6 is 0 Å². The molecule has 0 atom stereocenters. The minimum absolute atomic E-state index is 0.775. The molecule has 0 aliphatic heterocycles. The monoisotopic (exact) mass is 173 g/mol. The molecule has 0 radical (unpaired) electrons. The summed E-state index contributed by atoms with van der Waals surface area (Å²) in [4.78, 5) is 8.78. The van der Waals surface area contributed by atoms with Crippen LogP contribution in [0.3, 0.4) is 0 Å². The average Bonchev–Trinajstić information content (AvgIpc) is 1.97. The maximum Gasteiger partial charge on any atom is 0.402 e. The molecule has 0 rings (SSSR count). The molecule has 0 aromatic carbocycles. The molecule has 3 N–H and O–H groups in total. The van der Waals surface area contributed by atoms with Crippen LogP contribution in [-0.2, 0) is 4.74 Å². The zero-order valence-corrected chi connectivity index (χ0v) is 7.46. The van der Waals surface area contributed by atoms with E-state index in [9.17, 15) is 0 Å². The third-order valence-corrected chi connectivity index (χ3v) is 0.774. The third kappa shape index (κ3) is 38.1. The third-order valence-electron chi connectivity index (χ3n) is 0.774. The van der Waals surface area contributed by atoms with Gasteiger partial charge in [0, 0.05) is 6.92 Å². The number of rotatable bonds is 3. The van der Waals surface area contributed by atoms with Crippen molar-refractivity contribution >= 4 is 6.09 Å². The van der Waals surface area contributed by atoms with Crippen molar-refractivity contribution in [3.05, 3.63) is 0 Å². The minimum atomic E-state index is -1.33. The molecule has 4 heteroatoms. The van der Waals surface area contributed by atoms with E-state index in [4.69, 9.17) is 14.6 Å². The first-order chi connectivity index (χ1) is 5.65. The maximum absolute atomic E-state index is 8.78. The second-order valence-corrected chi connectivity index (χ2v) is 1.89. The van der Waals surface area contributed by atoms with Crippen molar-refractivity contribution < 1.29 is 14.6 Å². The fourth-order valence-electron chi connectivity index (χ4n) is 0.340. The number of hydrogen-bond donors (Lipinski definition) is 2. The van der Waals surface area contributed by atoms with Gasteiger partial charge in [-0.1, -0.05) is 19.3 Å². The van der Waals surface area contributed by atoms with Gasteiger partial charge in [0.1, 0.15) is 12.7 Å². The standard InChI is InChI=1S/C7H12O.CH3NO2/c1-3-5-7-8-6-4-2;2-1(3)4/h3,5,7H2,1-2H3;2H2,(H,3,4). The highest BCUT2D eigenvalue weighted by molar-refractivity contribution is 5.61. The van der Waals surface area contributed by atoms with Gasteiger partial charge in [0.05, 0.1) is 0 Å². The largest absolute Gasteiger partial charge is 0.465 e. The summed E-state index contributed by atoms with van der Waals surface area (Å²) in [5.74, 6) is 2.65. The lowest BCUT2D eigenvalue weighted by atomic mass is 10.4. The molecule has 0 spiro atoms. The van der Waals surface area contributed by atoms with Crippen LogP contribution < -0.4 is 5.73 Å². The molecule has 0 aromatic heterocycles. The van der Waals surface area contributed by atoms with Gasteiger partial charge in [0.2, 0.25) is 0 Å². The van der Waals surface area contributed by atoms with Crippen LogP contribution in [-0.4, -0.2) is 17.8 Å². The summed E-state index contributed by atoms with van der Waals surface area (Å²) in [6.45, 7) is 4.67. The molecule has 1 amide bonds. The Kier molecular flexibility index (Phi) is 13.6. The lowest BCUT2D eigenvalue weighted by molar-refractivity contribution is 0.205. The van der Waals surface area contributed by atoms with E-state index < -0.39 is 6.09 Å². The lowest BCUT2D eigenvalue weighted by Gasteiger charge is -1.91. The number of hydrogen-bond acceptors (Lipinski definition) is 2. The Morgan fingerprint density at radius 2 is 2.17 bits per heavy atom. The predicted molar refractivity (Wildman–Crippen MR) is 46.5 cm³/mol. The van der Waals surface area contributed by atoms with Crippen molar-refractivity contribution in [3.63, 3.8) is 0 Å². The second-order valence-electron chi connectivity index (χ2n) is 1.89. The van der Waals surface area contributed by atoms with Gasteiger partial charge >= 0.3 is 6.09 Å². The molecule has 70 valence electrons. The van der Waals surface area contributed by atoms with Gasteiger partial charge in [-0.2, -0.15) is 0 Å². The normalized spacial score (nSPS) is 6.83. The number of amides is 1. The number of unbranched alkanes of at least 4 members (excludes halogenated alkanes) is 1. The van der Waals surface area contributed by atoms with Crippen LogP contribution in [0.4, 0.5) is 4.79 Å². The zero-order chi connectivity index (χ0) is 9.82. The van der Waals surface area contributed by atoms with Gasteiger partial charge in [-0.3, -0.25) is 0 Å². The lowest BCUT2D eigenvalue weighted by Crippen LogP contribution is -2.03. The average molecular weight is 173 g/mol. The van der Waals surface area contributed by atoms with Crippen LogP contribution in [0.1, 0.15) is 26.7 Å². The number of ether oxygens (including phenoxy) is 1. The molecule has 0 unspecified atom stereocenters. The van der Waals surface area contributed by atoms with E-state index in [1.807, 2.05) is 0 Å². The van der Waals surface area contributed by atoms with Crippen LogP contribution in [0.2, 0.25) is 0 Å². The molecular formula is C8H15NO3. The Morgan fingerprint density at radius 3 is 2.50 bits per heavy atom. The van der Waals surface area contributed by atoms with Crippen molar-refractivity contribution in [2.24, 2.45) is 5.73 Å². The summed E-state index contributed by atoms with van der Waals surface area (Å²) in [7, 11) is 0. The van der Waals surface area contributed by atoms with Crippen molar-refractivity contribution in [1.82, 2.24) is 0 Å². The first-order valence-corrected chi connectivity index (χ1v) is 3.67. The predicted octanol–water partition coefficient (Wildman–Crippen LogP) is 1.41. The van der Waals surface area contributed by atoms with Crippen molar-refractivity contribution in [2.75, 3.05) is 6.61 Å². The Labute approximate surface area is 72.7 Å². The van der Waals surface area contributed by atoms with Gasteiger partial charge in [0.25, 0.3) is 0 Å². The first kappa shape index (κ1) is 13.2. The van der Waals surface area contributed by atoms with Crippen molar-refractivity contribution in [3.8, 4) is 12.0 Å². The number of carbonyl (C=O) groups is 1. The van der Waals surface area contributed by atoms with E-state index in [-0.39, 0.29) is 0 Å². The molecule has 0 aromatic rings. The van der Waals surface area contributed by atoms with E-state index in [0.717, 1.165) is 13.0 Å². The summed E-state index contributed by atoms with van der Waals surface area (Å²) in [6, 6.07) is 0. The Bertz CT molecular complexity index is 153. The summed E-state index contributed by atoms with van der Waals surface area (Å²) < 4.78 is 4.86. The highest BCUT2D eigenvalue weighted by atomic mass is 16.5. The zero-order valence-electron chi connectivity index (χ0n) is 7.46. The SMILES string of the molecule is CC#COCCCC.NC(=O)O. The summed E-state index contributed by atoms with van der Waals surface area (Å²) in [5, 5.41) is 7.19. The molecule has 12 heavy (non-hydrogen) atoms. The van der Waals surface area contributed by atoms with Gasteiger partial charge in [0.15, 0.2) is 0 Å². The second kappa shape index (κ2) is 12.3. The van der Waals surface area contributed by atoms with Gasteiger partial charge in [-0.15, -0.1) is 0 Å². The number of primary amides is 1. The summed E-state index contributed by atoms with van der Waals surface area (Å²) in [6.07, 6.45) is 3.48. The fraction of sp³-hybridized carbons (Fsp3) is 0.625. The molecule has 0 aliphatic rings. The smallest absolute Gasteiger partial charge is 0.402 e.